The van der Waals surface area contributed by atoms with Gasteiger partial charge in [0.05, 0.1) is 40.4 Å². The van der Waals surface area contributed by atoms with E-state index in [4.69, 9.17) is 10.5 Å². The monoisotopic (exact) mass is 297 g/mol. The number of hydrogen-bond donors (Lipinski definition) is 0. The van der Waals surface area contributed by atoms with Gasteiger partial charge in [-0.05, 0) is 28.1 Å². The van der Waals surface area contributed by atoms with Crippen molar-refractivity contribution in [2.75, 3.05) is 19.6 Å². The van der Waals surface area contributed by atoms with Crippen molar-refractivity contribution in [3.8, 4) is 12.1 Å². The SMILES string of the molecule is N#CCN(CC#N)CC(=O)c1ccc(Br)s1. The summed E-state index contributed by atoms with van der Waals surface area (Å²) in [4.78, 5) is 13.9. The van der Waals surface area contributed by atoms with Crippen LogP contribution in [-0.4, -0.2) is 30.3 Å². The molecule has 0 aliphatic heterocycles. The smallest absolute Gasteiger partial charge is 0.186 e. The van der Waals surface area contributed by atoms with Gasteiger partial charge in [0, 0.05) is 0 Å². The van der Waals surface area contributed by atoms with Crippen LogP contribution in [-0.2, 0) is 0 Å². The number of carbonyl (C=O) groups excluding carboxylic acids is 1. The van der Waals surface area contributed by atoms with Crippen LogP contribution < -0.4 is 0 Å². The van der Waals surface area contributed by atoms with Gasteiger partial charge in [0.25, 0.3) is 0 Å². The van der Waals surface area contributed by atoms with Crippen LogP contribution in [0.2, 0.25) is 0 Å². The van der Waals surface area contributed by atoms with Gasteiger partial charge in [0.1, 0.15) is 0 Å². The van der Waals surface area contributed by atoms with E-state index in [0.717, 1.165) is 3.79 Å². The predicted molar refractivity (Wildman–Crippen MR) is 64.0 cm³/mol. The molecule has 4 nitrogen and oxygen atoms in total. The van der Waals surface area contributed by atoms with E-state index in [2.05, 4.69) is 15.9 Å². The van der Waals surface area contributed by atoms with E-state index in [9.17, 15) is 4.79 Å². The van der Waals surface area contributed by atoms with Crippen LogP contribution in [0.3, 0.4) is 0 Å². The third-order valence-corrected chi connectivity index (χ3v) is 3.47. The Kier molecular flexibility index (Phi) is 5.13. The van der Waals surface area contributed by atoms with Crippen molar-refractivity contribution in [1.29, 1.82) is 10.5 Å². The molecule has 1 rings (SSSR count). The molecule has 1 aromatic rings. The van der Waals surface area contributed by atoms with E-state index in [-0.39, 0.29) is 25.4 Å². The van der Waals surface area contributed by atoms with Gasteiger partial charge in [-0.2, -0.15) is 10.5 Å². The normalized spacial score (nSPS) is 9.75. The van der Waals surface area contributed by atoms with E-state index in [0.29, 0.717) is 4.88 Å². The number of thiophene rings is 1. The Morgan fingerprint density at radius 3 is 2.44 bits per heavy atom. The molecule has 0 aliphatic rings. The van der Waals surface area contributed by atoms with Crippen LogP contribution >= 0.6 is 27.3 Å². The third kappa shape index (κ3) is 3.74. The Morgan fingerprint density at radius 1 is 1.38 bits per heavy atom. The van der Waals surface area contributed by atoms with Crippen LogP contribution in [0.4, 0.5) is 0 Å². The van der Waals surface area contributed by atoms with Crippen molar-refractivity contribution in [3.05, 3.63) is 20.8 Å². The van der Waals surface area contributed by atoms with Crippen molar-refractivity contribution < 1.29 is 4.79 Å². The van der Waals surface area contributed by atoms with E-state index < -0.39 is 0 Å². The first-order valence-electron chi connectivity index (χ1n) is 4.42. The molecule has 0 fully saturated rings. The molecule has 0 aromatic carbocycles. The summed E-state index contributed by atoms with van der Waals surface area (Å²) < 4.78 is 0.892. The van der Waals surface area contributed by atoms with Gasteiger partial charge in [-0.1, -0.05) is 0 Å². The Balaban J connectivity index is 2.62. The summed E-state index contributed by atoms with van der Waals surface area (Å²) in [6.07, 6.45) is 0. The molecule has 0 amide bonds. The standard InChI is InChI=1S/C10H8BrN3OS/c11-10-2-1-9(16-10)8(15)7-14(5-3-12)6-4-13/h1-2H,5-7H2. The van der Waals surface area contributed by atoms with Gasteiger partial charge in [-0.15, -0.1) is 11.3 Å². The highest BCUT2D eigenvalue weighted by Crippen LogP contribution is 2.22. The number of ketones is 1. The number of halogens is 1. The highest BCUT2D eigenvalue weighted by Gasteiger charge is 2.13. The average molecular weight is 298 g/mol. The number of Topliss-reactive ketones (excluding diaryl/α,β-unsaturated/α-hetero) is 1. The second-order valence-electron chi connectivity index (χ2n) is 2.99. The molecule has 82 valence electrons. The fourth-order valence-corrected chi connectivity index (χ4v) is 2.43. The third-order valence-electron chi connectivity index (χ3n) is 1.80. The summed E-state index contributed by atoms with van der Waals surface area (Å²) >= 11 is 4.62. The average Bonchev–Trinajstić information content (AvgIpc) is 2.65. The van der Waals surface area contributed by atoms with Gasteiger partial charge in [-0.3, -0.25) is 9.69 Å². The summed E-state index contributed by atoms with van der Waals surface area (Å²) in [6.45, 7) is 0.283. The first-order chi connectivity index (χ1) is 7.67. The van der Waals surface area contributed by atoms with Gasteiger partial charge in [0.2, 0.25) is 0 Å². The molecule has 6 heteroatoms. The number of hydrogen-bond acceptors (Lipinski definition) is 5. The summed E-state index contributed by atoms with van der Waals surface area (Å²) in [5, 5.41) is 17.1. The van der Waals surface area contributed by atoms with Crippen LogP contribution in [0.15, 0.2) is 15.9 Å². The zero-order chi connectivity index (χ0) is 12.0. The first-order valence-corrected chi connectivity index (χ1v) is 6.03. The van der Waals surface area contributed by atoms with Crippen molar-refractivity contribution in [2.24, 2.45) is 0 Å². The van der Waals surface area contributed by atoms with Crippen LogP contribution in [0, 0.1) is 22.7 Å². The first kappa shape index (κ1) is 12.9. The number of rotatable bonds is 5. The van der Waals surface area contributed by atoms with Gasteiger partial charge >= 0.3 is 0 Å². The predicted octanol–water partition coefficient (Wildman–Crippen LogP) is 2.04. The molecule has 1 aromatic heterocycles. The maximum Gasteiger partial charge on any atom is 0.186 e. The molecule has 0 unspecified atom stereocenters. The number of nitrogens with zero attached hydrogens (tertiary/aromatic N) is 3. The molecule has 0 bridgehead atoms. The summed E-state index contributed by atoms with van der Waals surface area (Å²) in [5.41, 5.74) is 0. The lowest BCUT2D eigenvalue weighted by atomic mass is 10.3. The second kappa shape index (κ2) is 6.39. The maximum absolute atomic E-state index is 11.7. The summed E-state index contributed by atoms with van der Waals surface area (Å²) in [7, 11) is 0. The Morgan fingerprint density at radius 2 is 2.00 bits per heavy atom. The Hall–Kier alpha value is -1.21. The van der Waals surface area contributed by atoms with Crippen molar-refractivity contribution >= 4 is 33.0 Å². The molecular formula is C10H8BrN3OS. The quantitative estimate of drug-likeness (QED) is 0.616. The summed E-state index contributed by atoms with van der Waals surface area (Å²) in [5.74, 6) is -0.0683. The van der Waals surface area contributed by atoms with Gasteiger partial charge < -0.3 is 0 Å². The molecule has 0 spiro atoms. The maximum atomic E-state index is 11.7. The molecule has 0 saturated carbocycles. The van der Waals surface area contributed by atoms with E-state index in [1.54, 1.807) is 12.1 Å². The fraction of sp³-hybridized carbons (Fsp3) is 0.300. The lowest BCUT2D eigenvalue weighted by molar-refractivity contribution is 0.0950. The van der Waals surface area contributed by atoms with E-state index in [1.807, 2.05) is 12.1 Å². The molecule has 16 heavy (non-hydrogen) atoms. The Labute approximate surface area is 106 Å². The van der Waals surface area contributed by atoms with E-state index in [1.165, 1.54) is 16.2 Å². The molecule has 0 aliphatic carbocycles. The van der Waals surface area contributed by atoms with E-state index >= 15 is 0 Å². The molecular weight excluding hydrogens is 290 g/mol. The minimum Gasteiger partial charge on any atom is -0.292 e. The number of carbonyl (C=O) groups is 1. The zero-order valence-electron chi connectivity index (χ0n) is 8.31. The minimum atomic E-state index is -0.0683. The minimum absolute atomic E-state index is 0.0683. The van der Waals surface area contributed by atoms with Crippen molar-refractivity contribution in [2.45, 2.75) is 0 Å². The molecule has 0 atom stereocenters. The van der Waals surface area contributed by atoms with Crippen LogP contribution in [0.25, 0.3) is 0 Å². The van der Waals surface area contributed by atoms with Crippen molar-refractivity contribution in [3.63, 3.8) is 0 Å². The highest BCUT2D eigenvalue weighted by molar-refractivity contribution is 9.11. The zero-order valence-corrected chi connectivity index (χ0v) is 10.7. The van der Waals surface area contributed by atoms with Gasteiger partial charge in [0.15, 0.2) is 5.78 Å². The van der Waals surface area contributed by atoms with Crippen molar-refractivity contribution in [1.82, 2.24) is 4.90 Å². The largest absolute Gasteiger partial charge is 0.292 e. The number of nitriles is 2. The molecule has 0 saturated heterocycles. The lowest BCUT2D eigenvalue weighted by Crippen LogP contribution is -2.30. The van der Waals surface area contributed by atoms with Gasteiger partial charge in [-0.25, -0.2) is 0 Å². The second-order valence-corrected chi connectivity index (χ2v) is 5.45. The lowest BCUT2D eigenvalue weighted by Gasteiger charge is -2.12. The fourth-order valence-electron chi connectivity index (χ4n) is 1.11. The van der Waals surface area contributed by atoms with Crippen LogP contribution in [0.1, 0.15) is 9.67 Å². The Bertz CT molecular complexity index is 441. The summed E-state index contributed by atoms with van der Waals surface area (Å²) in [6, 6.07) is 7.40. The van der Waals surface area contributed by atoms with Crippen LogP contribution in [0.5, 0.6) is 0 Å². The molecule has 0 radical (unpaired) electrons. The molecule has 0 N–H and O–H groups in total. The highest BCUT2D eigenvalue weighted by atomic mass is 79.9. The topological polar surface area (TPSA) is 67.9 Å². The molecule has 1 heterocycles.